The smallest absolute Gasteiger partial charge is 0.203 e. The van der Waals surface area contributed by atoms with Crippen molar-refractivity contribution in [2.75, 3.05) is 21.3 Å². The first-order chi connectivity index (χ1) is 8.96. The summed E-state index contributed by atoms with van der Waals surface area (Å²) in [5.74, 6) is 2.43. The van der Waals surface area contributed by atoms with Crippen molar-refractivity contribution in [3.8, 4) is 17.2 Å². The highest BCUT2D eigenvalue weighted by Crippen LogP contribution is 2.58. The molecule has 4 heteroatoms. The highest BCUT2D eigenvalue weighted by atomic mass is 16.5. The SMILES string of the molecule is COc1ccc(C(N)C2CC2(C)C)c(OC)c1OC. The van der Waals surface area contributed by atoms with Gasteiger partial charge in [0.05, 0.1) is 21.3 Å². The molecule has 2 unspecified atom stereocenters. The lowest BCUT2D eigenvalue weighted by molar-refractivity contribution is 0.319. The predicted molar refractivity (Wildman–Crippen MR) is 74.9 cm³/mol. The minimum atomic E-state index is -0.0373. The zero-order valence-corrected chi connectivity index (χ0v) is 12.3. The minimum Gasteiger partial charge on any atom is -0.493 e. The van der Waals surface area contributed by atoms with Gasteiger partial charge < -0.3 is 19.9 Å². The second-order valence-electron chi connectivity index (χ2n) is 5.75. The van der Waals surface area contributed by atoms with E-state index in [1.54, 1.807) is 21.3 Å². The van der Waals surface area contributed by atoms with Crippen LogP contribution < -0.4 is 19.9 Å². The van der Waals surface area contributed by atoms with E-state index < -0.39 is 0 Å². The zero-order valence-electron chi connectivity index (χ0n) is 12.3. The molecule has 0 aliphatic heterocycles. The third-order valence-corrected chi connectivity index (χ3v) is 4.12. The second-order valence-corrected chi connectivity index (χ2v) is 5.75. The van der Waals surface area contributed by atoms with E-state index in [0.717, 1.165) is 12.0 Å². The molecule has 0 bridgehead atoms. The molecule has 1 fully saturated rings. The summed E-state index contributed by atoms with van der Waals surface area (Å²) in [6.07, 6.45) is 1.14. The van der Waals surface area contributed by atoms with Gasteiger partial charge in [0, 0.05) is 11.6 Å². The van der Waals surface area contributed by atoms with Crippen LogP contribution in [-0.2, 0) is 0 Å². The van der Waals surface area contributed by atoms with E-state index in [9.17, 15) is 0 Å². The highest BCUT2D eigenvalue weighted by Gasteiger charge is 2.50. The van der Waals surface area contributed by atoms with Crippen LogP contribution in [0.2, 0.25) is 0 Å². The van der Waals surface area contributed by atoms with Crippen molar-refractivity contribution < 1.29 is 14.2 Å². The Bertz CT molecular complexity index is 471. The Morgan fingerprint density at radius 3 is 2.11 bits per heavy atom. The topological polar surface area (TPSA) is 53.7 Å². The van der Waals surface area contributed by atoms with Gasteiger partial charge in [0.25, 0.3) is 0 Å². The molecule has 19 heavy (non-hydrogen) atoms. The Balaban J connectivity index is 2.40. The summed E-state index contributed by atoms with van der Waals surface area (Å²) in [5.41, 5.74) is 7.69. The summed E-state index contributed by atoms with van der Waals surface area (Å²) >= 11 is 0. The molecule has 0 aromatic heterocycles. The normalized spacial score (nSPS) is 21.7. The van der Waals surface area contributed by atoms with E-state index in [1.165, 1.54) is 0 Å². The first-order valence-electron chi connectivity index (χ1n) is 6.50. The quantitative estimate of drug-likeness (QED) is 0.889. The largest absolute Gasteiger partial charge is 0.493 e. The number of methoxy groups -OCH3 is 3. The van der Waals surface area contributed by atoms with Crippen LogP contribution in [-0.4, -0.2) is 21.3 Å². The van der Waals surface area contributed by atoms with E-state index in [1.807, 2.05) is 12.1 Å². The molecule has 2 N–H and O–H groups in total. The molecule has 1 aliphatic carbocycles. The van der Waals surface area contributed by atoms with Crippen LogP contribution >= 0.6 is 0 Å². The molecule has 1 aromatic carbocycles. The van der Waals surface area contributed by atoms with Crippen LogP contribution in [0.25, 0.3) is 0 Å². The molecule has 1 saturated carbocycles. The van der Waals surface area contributed by atoms with Crippen molar-refractivity contribution in [2.24, 2.45) is 17.1 Å². The number of hydrogen-bond acceptors (Lipinski definition) is 4. The number of nitrogens with two attached hydrogens (primary N) is 1. The Labute approximate surface area is 114 Å². The van der Waals surface area contributed by atoms with Crippen molar-refractivity contribution >= 4 is 0 Å². The Kier molecular flexibility index (Phi) is 3.63. The van der Waals surface area contributed by atoms with E-state index in [0.29, 0.717) is 28.6 Å². The lowest BCUT2D eigenvalue weighted by Gasteiger charge is -2.20. The number of ether oxygens (including phenoxy) is 3. The van der Waals surface area contributed by atoms with Gasteiger partial charge in [0.1, 0.15) is 0 Å². The first-order valence-corrected chi connectivity index (χ1v) is 6.50. The molecule has 1 aromatic rings. The monoisotopic (exact) mass is 265 g/mol. The summed E-state index contributed by atoms with van der Waals surface area (Å²) in [6.45, 7) is 4.48. The fraction of sp³-hybridized carbons (Fsp3) is 0.600. The third kappa shape index (κ3) is 2.37. The molecule has 0 amide bonds. The van der Waals surface area contributed by atoms with Crippen LogP contribution in [0.4, 0.5) is 0 Å². The zero-order chi connectivity index (χ0) is 14.2. The lowest BCUT2D eigenvalue weighted by atomic mass is 9.96. The molecular weight excluding hydrogens is 242 g/mol. The van der Waals surface area contributed by atoms with Crippen molar-refractivity contribution in [3.63, 3.8) is 0 Å². The van der Waals surface area contributed by atoms with Crippen LogP contribution in [0.1, 0.15) is 31.9 Å². The molecule has 0 heterocycles. The van der Waals surface area contributed by atoms with E-state index in [-0.39, 0.29) is 6.04 Å². The van der Waals surface area contributed by atoms with Gasteiger partial charge in [-0.05, 0) is 29.9 Å². The first kappa shape index (κ1) is 14.0. The standard InChI is InChI=1S/C15H23NO3/c1-15(2)8-10(15)12(16)9-6-7-11(17-3)14(19-5)13(9)18-4/h6-7,10,12H,8,16H2,1-5H3. The molecule has 0 radical (unpaired) electrons. The molecule has 1 aliphatic rings. The number of rotatable bonds is 5. The Hall–Kier alpha value is -1.42. The van der Waals surface area contributed by atoms with Crippen LogP contribution in [0.5, 0.6) is 17.2 Å². The molecule has 0 spiro atoms. The van der Waals surface area contributed by atoms with Crippen LogP contribution in [0.15, 0.2) is 12.1 Å². The maximum atomic E-state index is 6.39. The summed E-state index contributed by atoms with van der Waals surface area (Å²) in [4.78, 5) is 0. The van der Waals surface area contributed by atoms with Gasteiger partial charge in [-0.3, -0.25) is 0 Å². The van der Waals surface area contributed by atoms with Gasteiger partial charge in [-0.25, -0.2) is 0 Å². The minimum absolute atomic E-state index is 0.0373. The molecule has 106 valence electrons. The molecule has 2 rings (SSSR count). The Morgan fingerprint density at radius 1 is 1.11 bits per heavy atom. The lowest BCUT2D eigenvalue weighted by Crippen LogP contribution is -2.17. The van der Waals surface area contributed by atoms with Gasteiger partial charge in [0.2, 0.25) is 5.75 Å². The van der Waals surface area contributed by atoms with Gasteiger partial charge in [-0.2, -0.15) is 0 Å². The molecule has 2 atom stereocenters. The maximum absolute atomic E-state index is 6.39. The number of benzene rings is 1. The van der Waals surface area contributed by atoms with E-state index in [2.05, 4.69) is 13.8 Å². The van der Waals surface area contributed by atoms with Gasteiger partial charge in [-0.1, -0.05) is 13.8 Å². The van der Waals surface area contributed by atoms with Gasteiger partial charge >= 0.3 is 0 Å². The van der Waals surface area contributed by atoms with Gasteiger partial charge in [0.15, 0.2) is 11.5 Å². The maximum Gasteiger partial charge on any atom is 0.203 e. The highest BCUT2D eigenvalue weighted by molar-refractivity contribution is 5.57. The van der Waals surface area contributed by atoms with Crippen LogP contribution in [0.3, 0.4) is 0 Å². The molecule has 0 saturated heterocycles. The molecular formula is C15H23NO3. The van der Waals surface area contributed by atoms with Gasteiger partial charge in [-0.15, -0.1) is 0 Å². The van der Waals surface area contributed by atoms with E-state index in [4.69, 9.17) is 19.9 Å². The van der Waals surface area contributed by atoms with Crippen molar-refractivity contribution in [3.05, 3.63) is 17.7 Å². The number of hydrogen-bond donors (Lipinski definition) is 1. The predicted octanol–water partition coefficient (Wildman–Crippen LogP) is 2.76. The summed E-state index contributed by atoms with van der Waals surface area (Å²) in [6, 6.07) is 3.82. The fourth-order valence-corrected chi connectivity index (χ4v) is 2.72. The van der Waals surface area contributed by atoms with Crippen LogP contribution in [0, 0.1) is 11.3 Å². The molecule has 4 nitrogen and oxygen atoms in total. The van der Waals surface area contributed by atoms with E-state index >= 15 is 0 Å². The van der Waals surface area contributed by atoms with Crippen molar-refractivity contribution in [1.82, 2.24) is 0 Å². The second kappa shape index (κ2) is 4.93. The fourth-order valence-electron chi connectivity index (χ4n) is 2.72. The average molecular weight is 265 g/mol. The van der Waals surface area contributed by atoms with Crippen molar-refractivity contribution in [2.45, 2.75) is 26.3 Å². The summed E-state index contributed by atoms with van der Waals surface area (Å²) < 4.78 is 16.2. The third-order valence-electron chi connectivity index (χ3n) is 4.12. The Morgan fingerprint density at radius 2 is 1.68 bits per heavy atom. The van der Waals surface area contributed by atoms with Crippen molar-refractivity contribution in [1.29, 1.82) is 0 Å². The average Bonchev–Trinajstić information content (AvgIpc) is 3.04. The summed E-state index contributed by atoms with van der Waals surface area (Å²) in [7, 11) is 4.85. The summed E-state index contributed by atoms with van der Waals surface area (Å²) in [5, 5.41) is 0.